The highest BCUT2D eigenvalue weighted by Crippen LogP contribution is 2.36. The SMILES string of the molecule is CCS(=O)(=O)c1ccc(CC(=O)Nc2ccc(-c3ccnc(F)c3)c(Oc3cccc(F)c3)c2)cc1. The van der Waals surface area contributed by atoms with E-state index < -0.39 is 21.6 Å². The number of hydrogen-bond donors (Lipinski definition) is 1. The molecule has 0 spiro atoms. The minimum atomic E-state index is -3.32. The van der Waals surface area contributed by atoms with Gasteiger partial charge >= 0.3 is 0 Å². The van der Waals surface area contributed by atoms with Gasteiger partial charge in [-0.3, -0.25) is 4.79 Å². The van der Waals surface area contributed by atoms with Crippen molar-refractivity contribution in [3.63, 3.8) is 0 Å². The van der Waals surface area contributed by atoms with Gasteiger partial charge in [0.2, 0.25) is 11.9 Å². The van der Waals surface area contributed by atoms with Crippen molar-refractivity contribution in [1.29, 1.82) is 0 Å². The van der Waals surface area contributed by atoms with Crippen LogP contribution in [0.3, 0.4) is 0 Å². The zero-order valence-corrected chi connectivity index (χ0v) is 20.1. The monoisotopic (exact) mass is 508 g/mol. The minimum absolute atomic E-state index is 0.00497. The van der Waals surface area contributed by atoms with Gasteiger partial charge in [0, 0.05) is 35.6 Å². The van der Waals surface area contributed by atoms with Crippen molar-refractivity contribution < 1.29 is 26.7 Å². The Morgan fingerprint density at radius 2 is 1.75 bits per heavy atom. The number of halogens is 2. The van der Waals surface area contributed by atoms with Crippen LogP contribution in [0, 0.1) is 11.8 Å². The molecular formula is C27H22F2N2O4S. The molecular weight excluding hydrogens is 486 g/mol. The molecule has 4 aromatic rings. The van der Waals surface area contributed by atoms with Crippen LogP contribution in [-0.4, -0.2) is 25.1 Å². The third-order valence-corrected chi connectivity index (χ3v) is 7.10. The number of sulfone groups is 1. The zero-order chi connectivity index (χ0) is 25.7. The summed E-state index contributed by atoms with van der Waals surface area (Å²) in [5.74, 6) is -0.977. The standard InChI is InChI=1S/C27H22F2N2O4S/c1-2-36(33,34)23-9-6-18(7-10-23)14-27(32)31-21-8-11-24(19-12-13-30-26(29)15-19)25(17-21)35-22-5-3-4-20(28)16-22/h3-13,15-17H,2,14H2,1H3,(H,31,32). The fourth-order valence-corrected chi connectivity index (χ4v) is 4.41. The van der Waals surface area contributed by atoms with Gasteiger partial charge in [0.05, 0.1) is 17.1 Å². The maximum atomic E-state index is 13.7. The van der Waals surface area contributed by atoms with Crippen molar-refractivity contribution in [3.8, 4) is 22.6 Å². The van der Waals surface area contributed by atoms with Gasteiger partial charge in [-0.1, -0.05) is 25.1 Å². The molecule has 0 atom stereocenters. The molecule has 0 unspecified atom stereocenters. The number of anilines is 1. The molecule has 4 rings (SSSR count). The Hall–Kier alpha value is -4.11. The summed E-state index contributed by atoms with van der Waals surface area (Å²) in [6.45, 7) is 1.57. The van der Waals surface area contributed by atoms with Crippen LogP contribution < -0.4 is 10.1 Å². The molecule has 0 bridgehead atoms. The van der Waals surface area contributed by atoms with Gasteiger partial charge in [-0.15, -0.1) is 0 Å². The van der Waals surface area contributed by atoms with Gasteiger partial charge in [0.1, 0.15) is 17.3 Å². The summed E-state index contributed by atoms with van der Waals surface area (Å²) < 4.78 is 57.3. The van der Waals surface area contributed by atoms with Gasteiger partial charge in [-0.05, 0) is 53.6 Å². The number of carbonyl (C=O) groups excluding carboxylic acids is 1. The summed E-state index contributed by atoms with van der Waals surface area (Å²) in [5.41, 5.74) is 2.07. The van der Waals surface area contributed by atoms with Gasteiger partial charge in [-0.25, -0.2) is 17.8 Å². The summed E-state index contributed by atoms with van der Waals surface area (Å²) in [5, 5.41) is 2.78. The highest BCUT2D eigenvalue weighted by Gasteiger charge is 2.14. The first-order valence-corrected chi connectivity index (χ1v) is 12.7. The Labute approximate surface area is 207 Å². The van der Waals surface area contributed by atoms with E-state index in [9.17, 15) is 22.0 Å². The lowest BCUT2D eigenvalue weighted by atomic mass is 10.0. The molecule has 9 heteroatoms. The van der Waals surface area contributed by atoms with Crippen LogP contribution in [0.25, 0.3) is 11.1 Å². The highest BCUT2D eigenvalue weighted by molar-refractivity contribution is 7.91. The number of ether oxygens (including phenoxy) is 1. The van der Waals surface area contributed by atoms with Crippen LogP contribution in [-0.2, 0) is 21.1 Å². The van der Waals surface area contributed by atoms with Gasteiger partial charge in [0.15, 0.2) is 9.84 Å². The van der Waals surface area contributed by atoms with E-state index in [4.69, 9.17) is 4.74 Å². The van der Waals surface area contributed by atoms with Gasteiger partial charge in [-0.2, -0.15) is 4.39 Å². The molecule has 1 N–H and O–H groups in total. The van der Waals surface area contributed by atoms with Crippen molar-refractivity contribution in [1.82, 2.24) is 4.98 Å². The third kappa shape index (κ3) is 6.11. The largest absolute Gasteiger partial charge is 0.457 e. The molecule has 6 nitrogen and oxygen atoms in total. The number of aromatic nitrogens is 1. The molecule has 0 aliphatic rings. The summed E-state index contributed by atoms with van der Waals surface area (Å²) >= 11 is 0. The fourth-order valence-electron chi connectivity index (χ4n) is 3.52. The molecule has 184 valence electrons. The van der Waals surface area contributed by atoms with E-state index in [-0.39, 0.29) is 34.5 Å². The van der Waals surface area contributed by atoms with Crippen molar-refractivity contribution in [2.24, 2.45) is 0 Å². The van der Waals surface area contributed by atoms with Crippen LogP contribution in [0.15, 0.2) is 90.0 Å². The third-order valence-electron chi connectivity index (χ3n) is 5.35. The number of carbonyl (C=O) groups is 1. The Morgan fingerprint density at radius 1 is 0.972 bits per heavy atom. The number of rotatable bonds is 8. The number of pyridine rings is 1. The van der Waals surface area contributed by atoms with E-state index in [2.05, 4.69) is 10.3 Å². The van der Waals surface area contributed by atoms with Crippen molar-refractivity contribution in [2.75, 3.05) is 11.1 Å². The average molecular weight is 509 g/mol. The molecule has 1 aromatic heterocycles. The molecule has 0 radical (unpaired) electrons. The van der Waals surface area contributed by atoms with Crippen molar-refractivity contribution in [2.45, 2.75) is 18.2 Å². The van der Waals surface area contributed by atoms with Gasteiger partial charge in [0.25, 0.3) is 0 Å². The minimum Gasteiger partial charge on any atom is -0.457 e. The van der Waals surface area contributed by atoms with E-state index in [0.717, 1.165) is 0 Å². The lowest BCUT2D eigenvalue weighted by Gasteiger charge is -2.14. The Bertz CT molecular complexity index is 1510. The fraction of sp³-hybridized carbons (Fsp3) is 0.111. The number of nitrogens with zero attached hydrogens (tertiary/aromatic N) is 1. The quantitative estimate of drug-likeness (QED) is 0.304. The van der Waals surface area contributed by atoms with Crippen LogP contribution in [0.4, 0.5) is 14.5 Å². The normalized spacial score (nSPS) is 11.2. The Balaban J connectivity index is 1.57. The van der Waals surface area contributed by atoms with E-state index in [1.54, 1.807) is 49.4 Å². The Morgan fingerprint density at radius 3 is 2.44 bits per heavy atom. The van der Waals surface area contributed by atoms with E-state index >= 15 is 0 Å². The molecule has 0 aliphatic heterocycles. The second kappa shape index (κ2) is 10.7. The summed E-state index contributed by atoms with van der Waals surface area (Å²) in [6.07, 6.45) is 1.34. The lowest BCUT2D eigenvalue weighted by Crippen LogP contribution is -2.14. The summed E-state index contributed by atoms with van der Waals surface area (Å²) in [4.78, 5) is 16.4. The zero-order valence-electron chi connectivity index (χ0n) is 19.2. The summed E-state index contributed by atoms with van der Waals surface area (Å²) in [7, 11) is -3.32. The second-order valence-corrected chi connectivity index (χ2v) is 10.2. The van der Waals surface area contributed by atoms with Crippen molar-refractivity contribution in [3.05, 3.63) is 102 Å². The lowest BCUT2D eigenvalue weighted by molar-refractivity contribution is -0.115. The first kappa shape index (κ1) is 25.0. The van der Waals surface area contributed by atoms with Gasteiger partial charge < -0.3 is 10.1 Å². The van der Waals surface area contributed by atoms with E-state index in [1.165, 1.54) is 42.6 Å². The topological polar surface area (TPSA) is 85.4 Å². The van der Waals surface area contributed by atoms with Crippen LogP contribution >= 0.6 is 0 Å². The molecule has 0 aliphatic carbocycles. The number of benzene rings is 3. The maximum absolute atomic E-state index is 13.7. The van der Waals surface area contributed by atoms with Crippen molar-refractivity contribution >= 4 is 21.4 Å². The molecule has 1 heterocycles. The van der Waals surface area contributed by atoms with E-state index in [0.29, 0.717) is 22.4 Å². The predicted octanol–water partition coefficient (Wildman–Crippen LogP) is 5.79. The first-order chi connectivity index (χ1) is 17.2. The van der Waals surface area contributed by atoms with Crippen LogP contribution in [0.5, 0.6) is 11.5 Å². The average Bonchev–Trinajstić information content (AvgIpc) is 2.84. The second-order valence-electron chi connectivity index (χ2n) is 7.91. The molecule has 1 amide bonds. The maximum Gasteiger partial charge on any atom is 0.228 e. The Kier molecular flexibility index (Phi) is 7.40. The first-order valence-electron chi connectivity index (χ1n) is 11.0. The molecule has 0 fully saturated rings. The number of nitrogens with one attached hydrogen (secondary N) is 1. The number of amides is 1. The molecule has 36 heavy (non-hydrogen) atoms. The molecule has 0 saturated heterocycles. The predicted molar refractivity (Wildman–Crippen MR) is 133 cm³/mol. The smallest absolute Gasteiger partial charge is 0.228 e. The highest BCUT2D eigenvalue weighted by atomic mass is 32.2. The van der Waals surface area contributed by atoms with Crippen LogP contribution in [0.1, 0.15) is 12.5 Å². The number of hydrogen-bond acceptors (Lipinski definition) is 5. The van der Waals surface area contributed by atoms with Crippen LogP contribution in [0.2, 0.25) is 0 Å². The van der Waals surface area contributed by atoms with E-state index in [1.807, 2.05) is 0 Å². The summed E-state index contributed by atoms with van der Waals surface area (Å²) in [6, 6.07) is 19.4. The molecule has 3 aromatic carbocycles. The molecule has 0 saturated carbocycles.